The molecule has 0 spiro atoms. The number of rotatable bonds is 7. The molecule has 0 saturated carbocycles. The molecule has 0 aliphatic carbocycles. The quantitative estimate of drug-likeness (QED) is 0.563. The summed E-state index contributed by atoms with van der Waals surface area (Å²) in [7, 11) is 0. The van der Waals surface area contributed by atoms with Crippen LogP contribution in [0, 0.1) is 5.92 Å². The van der Waals surface area contributed by atoms with E-state index in [1.165, 1.54) is 16.7 Å². The predicted molar refractivity (Wildman–Crippen MR) is 126 cm³/mol. The Kier molecular flexibility index (Phi) is 6.82. The molecule has 1 aliphatic heterocycles. The summed E-state index contributed by atoms with van der Waals surface area (Å²) in [5.74, 6) is 1.23. The number of carbonyl (C=O) groups excluding carboxylic acids is 1. The van der Waals surface area contributed by atoms with Crippen LogP contribution in [0.1, 0.15) is 44.7 Å². The predicted octanol–water partition coefficient (Wildman–Crippen LogP) is 5.37. The minimum Gasteiger partial charge on any atom is -0.311 e. The molecule has 0 bridgehead atoms. The highest BCUT2D eigenvalue weighted by Gasteiger charge is 2.23. The molecule has 1 saturated heterocycles. The number of hydrogen-bond acceptors (Lipinski definition) is 3. The van der Waals surface area contributed by atoms with Crippen molar-refractivity contribution in [2.75, 3.05) is 18.4 Å². The number of nitrogens with one attached hydrogen (secondary N) is 1. The molecular weight excluding hydrogens is 384 g/mol. The third kappa shape index (κ3) is 5.61. The SMILES string of the molecule is CC(C)CC(=O)Nc1ccnn1C1CCN(Cc2ccc(-c3ccccc3)cc2)CC1. The number of anilines is 1. The smallest absolute Gasteiger partial charge is 0.225 e. The Bertz CT molecular complexity index is 970. The van der Waals surface area contributed by atoms with Crippen molar-refractivity contribution in [3.05, 3.63) is 72.4 Å². The highest BCUT2D eigenvalue weighted by molar-refractivity contribution is 5.89. The van der Waals surface area contributed by atoms with Crippen LogP contribution in [0.4, 0.5) is 5.82 Å². The van der Waals surface area contributed by atoms with Crippen molar-refractivity contribution in [3.63, 3.8) is 0 Å². The van der Waals surface area contributed by atoms with Gasteiger partial charge >= 0.3 is 0 Å². The molecule has 0 unspecified atom stereocenters. The van der Waals surface area contributed by atoms with Gasteiger partial charge in [-0.15, -0.1) is 0 Å². The summed E-state index contributed by atoms with van der Waals surface area (Å²) in [6.07, 6.45) is 4.39. The molecule has 1 fully saturated rings. The van der Waals surface area contributed by atoms with Crippen LogP contribution in [0.5, 0.6) is 0 Å². The molecule has 1 amide bonds. The van der Waals surface area contributed by atoms with Gasteiger partial charge in [-0.05, 0) is 35.4 Å². The van der Waals surface area contributed by atoms with E-state index in [9.17, 15) is 4.79 Å². The van der Waals surface area contributed by atoms with Gasteiger partial charge in [-0.2, -0.15) is 5.10 Å². The number of likely N-dealkylation sites (tertiary alicyclic amines) is 1. The van der Waals surface area contributed by atoms with Gasteiger partial charge in [-0.1, -0.05) is 68.4 Å². The van der Waals surface area contributed by atoms with Crippen LogP contribution in [0.25, 0.3) is 11.1 Å². The minimum absolute atomic E-state index is 0.0631. The molecule has 1 N–H and O–H groups in total. The molecule has 4 rings (SSSR count). The molecule has 2 heterocycles. The lowest BCUT2D eigenvalue weighted by atomic mass is 10.0. The Morgan fingerprint density at radius 3 is 2.35 bits per heavy atom. The minimum atomic E-state index is 0.0631. The van der Waals surface area contributed by atoms with Gasteiger partial charge in [0.1, 0.15) is 5.82 Å². The van der Waals surface area contributed by atoms with Gasteiger partial charge in [-0.3, -0.25) is 9.69 Å². The molecular formula is C26H32N4O. The van der Waals surface area contributed by atoms with Crippen LogP contribution in [-0.4, -0.2) is 33.7 Å². The lowest BCUT2D eigenvalue weighted by molar-refractivity contribution is -0.116. The normalized spacial score (nSPS) is 15.3. The summed E-state index contributed by atoms with van der Waals surface area (Å²) in [5.41, 5.74) is 3.86. The van der Waals surface area contributed by atoms with E-state index in [1.807, 2.05) is 16.8 Å². The molecule has 1 aliphatic rings. The lowest BCUT2D eigenvalue weighted by Crippen LogP contribution is -2.35. The first kappa shape index (κ1) is 21.3. The van der Waals surface area contributed by atoms with Crippen LogP contribution < -0.4 is 5.32 Å². The summed E-state index contributed by atoms with van der Waals surface area (Å²) in [5, 5.41) is 7.54. The Morgan fingerprint density at radius 2 is 1.68 bits per heavy atom. The zero-order chi connectivity index (χ0) is 21.6. The first-order chi connectivity index (χ1) is 15.1. The molecule has 31 heavy (non-hydrogen) atoms. The Morgan fingerprint density at radius 1 is 1.00 bits per heavy atom. The maximum Gasteiger partial charge on any atom is 0.225 e. The van der Waals surface area contributed by atoms with Crippen molar-refractivity contribution in [3.8, 4) is 11.1 Å². The average Bonchev–Trinajstić information content (AvgIpc) is 3.23. The van der Waals surface area contributed by atoms with Crippen molar-refractivity contribution in [2.45, 2.75) is 45.7 Å². The van der Waals surface area contributed by atoms with E-state index < -0.39 is 0 Å². The van der Waals surface area contributed by atoms with Crippen LogP contribution in [0.2, 0.25) is 0 Å². The van der Waals surface area contributed by atoms with Crippen molar-refractivity contribution >= 4 is 11.7 Å². The summed E-state index contributed by atoms with van der Waals surface area (Å²) in [6, 6.07) is 21.6. The summed E-state index contributed by atoms with van der Waals surface area (Å²) >= 11 is 0. The van der Waals surface area contributed by atoms with E-state index >= 15 is 0 Å². The highest BCUT2D eigenvalue weighted by atomic mass is 16.1. The fourth-order valence-electron chi connectivity index (χ4n) is 4.28. The highest BCUT2D eigenvalue weighted by Crippen LogP contribution is 2.27. The first-order valence-electron chi connectivity index (χ1n) is 11.3. The zero-order valence-corrected chi connectivity index (χ0v) is 18.5. The van der Waals surface area contributed by atoms with Crippen molar-refractivity contribution in [2.24, 2.45) is 5.92 Å². The standard InChI is InChI=1S/C26H32N4O/c1-20(2)18-26(31)28-25-12-15-27-30(25)24-13-16-29(17-14-24)19-21-8-10-23(11-9-21)22-6-4-3-5-7-22/h3-12,15,20,24H,13-14,16-19H2,1-2H3,(H,28,31). The number of nitrogens with zero attached hydrogens (tertiary/aromatic N) is 3. The number of piperidine rings is 1. The van der Waals surface area contributed by atoms with E-state index in [0.717, 1.165) is 38.3 Å². The maximum atomic E-state index is 12.2. The van der Waals surface area contributed by atoms with Crippen molar-refractivity contribution in [1.29, 1.82) is 0 Å². The molecule has 5 nitrogen and oxygen atoms in total. The number of benzene rings is 2. The Hall–Kier alpha value is -2.92. The third-order valence-corrected chi connectivity index (χ3v) is 5.90. The van der Waals surface area contributed by atoms with Gasteiger partial charge in [0.05, 0.1) is 12.2 Å². The largest absolute Gasteiger partial charge is 0.311 e. The summed E-state index contributed by atoms with van der Waals surface area (Å²) in [6.45, 7) is 7.15. The molecule has 1 aromatic heterocycles. The van der Waals surface area contributed by atoms with Gasteiger partial charge < -0.3 is 5.32 Å². The second-order valence-corrected chi connectivity index (χ2v) is 8.88. The van der Waals surface area contributed by atoms with E-state index in [4.69, 9.17) is 0 Å². The summed E-state index contributed by atoms with van der Waals surface area (Å²) in [4.78, 5) is 14.7. The van der Waals surface area contributed by atoms with Crippen LogP contribution in [0.15, 0.2) is 66.9 Å². The molecule has 162 valence electrons. The maximum absolute atomic E-state index is 12.2. The Balaban J connectivity index is 1.31. The van der Waals surface area contributed by atoms with E-state index in [-0.39, 0.29) is 5.91 Å². The van der Waals surface area contributed by atoms with Crippen molar-refractivity contribution < 1.29 is 4.79 Å². The average molecular weight is 417 g/mol. The fraction of sp³-hybridized carbons (Fsp3) is 0.385. The third-order valence-electron chi connectivity index (χ3n) is 5.90. The first-order valence-corrected chi connectivity index (χ1v) is 11.3. The van der Waals surface area contributed by atoms with Crippen LogP contribution in [0.3, 0.4) is 0 Å². The van der Waals surface area contributed by atoms with Gasteiger partial charge in [0.2, 0.25) is 5.91 Å². The lowest BCUT2D eigenvalue weighted by Gasteiger charge is -2.32. The monoisotopic (exact) mass is 416 g/mol. The fourth-order valence-corrected chi connectivity index (χ4v) is 4.28. The molecule has 3 aromatic rings. The van der Waals surface area contributed by atoms with E-state index in [1.54, 1.807) is 6.20 Å². The van der Waals surface area contributed by atoms with Gasteiger partial charge in [0.15, 0.2) is 0 Å². The number of amides is 1. The van der Waals surface area contributed by atoms with E-state index in [2.05, 4.69) is 77.7 Å². The second-order valence-electron chi connectivity index (χ2n) is 8.88. The topological polar surface area (TPSA) is 50.2 Å². The van der Waals surface area contributed by atoms with Gasteiger partial charge in [0, 0.05) is 32.1 Å². The number of carbonyl (C=O) groups is 1. The molecule has 2 aromatic carbocycles. The number of aromatic nitrogens is 2. The van der Waals surface area contributed by atoms with E-state index in [0.29, 0.717) is 18.4 Å². The molecule has 5 heteroatoms. The number of hydrogen-bond donors (Lipinski definition) is 1. The van der Waals surface area contributed by atoms with Gasteiger partial charge in [0.25, 0.3) is 0 Å². The van der Waals surface area contributed by atoms with Crippen LogP contribution in [-0.2, 0) is 11.3 Å². The second kappa shape index (κ2) is 9.92. The van der Waals surface area contributed by atoms with Crippen molar-refractivity contribution in [1.82, 2.24) is 14.7 Å². The molecule has 0 radical (unpaired) electrons. The summed E-state index contributed by atoms with van der Waals surface area (Å²) < 4.78 is 2.00. The van der Waals surface area contributed by atoms with Gasteiger partial charge in [-0.25, -0.2) is 4.68 Å². The van der Waals surface area contributed by atoms with Crippen LogP contribution >= 0.6 is 0 Å². The molecule has 0 atom stereocenters. The Labute approximate surface area is 185 Å². The zero-order valence-electron chi connectivity index (χ0n) is 18.5.